The minimum Gasteiger partial charge on any atom is -0.372 e. The van der Waals surface area contributed by atoms with Gasteiger partial charge in [0.25, 0.3) is 5.91 Å². The topological polar surface area (TPSA) is 90.3 Å². The number of carbonyl (C=O) groups excluding carboxylic acids is 1. The van der Waals surface area contributed by atoms with Gasteiger partial charge in [-0.3, -0.25) is 4.79 Å². The predicted molar refractivity (Wildman–Crippen MR) is 136 cm³/mol. The molecule has 0 aliphatic rings. The quantitative estimate of drug-likeness (QED) is 0.337. The third-order valence-corrected chi connectivity index (χ3v) is 6.30. The molecule has 0 saturated carbocycles. The van der Waals surface area contributed by atoms with Gasteiger partial charge >= 0.3 is 0 Å². The zero-order chi connectivity index (χ0) is 24.7. The molecule has 8 heteroatoms. The molecule has 0 fully saturated rings. The van der Waals surface area contributed by atoms with E-state index in [0.29, 0.717) is 13.2 Å². The highest BCUT2D eigenvalue weighted by Gasteiger charge is 2.16. The summed E-state index contributed by atoms with van der Waals surface area (Å²) in [5, 5.41) is 2.51. The molecule has 7 nitrogen and oxygen atoms in total. The van der Waals surface area contributed by atoms with E-state index in [0.717, 1.165) is 31.1 Å². The molecule has 1 amide bonds. The molecule has 0 aliphatic carbocycles. The molecule has 35 heavy (non-hydrogen) atoms. The molecule has 0 spiro atoms. The van der Waals surface area contributed by atoms with Crippen LogP contribution in [0.2, 0.25) is 0 Å². The largest absolute Gasteiger partial charge is 0.372 e. The highest BCUT2D eigenvalue weighted by atomic mass is 32.2. The first-order valence-electron chi connectivity index (χ1n) is 11.5. The predicted octanol–water partition coefficient (Wildman–Crippen LogP) is 4.33. The number of nitrogens with zero attached hydrogens (tertiary/aromatic N) is 2. The van der Waals surface area contributed by atoms with E-state index in [1.165, 1.54) is 22.7 Å². The van der Waals surface area contributed by atoms with Crippen molar-refractivity contribution in [3.05, 3.63) is 102 Å². The van der Waals surface area contributed by atoms with Crippen molar-refractivity contribution in [1.29, 1.82) is 0 Å². The molecular weight excluding hydrogens is 462 g/mol. The first-order chi connectivity index (χ1) is 16.9. The average molecular weight is 492 g/mol. The highest BCUT2D eigenvalue weighted by Crippen LogP contribution is 2.21. The van der Waals surface area contributed by atoms with E-state index in [1.54, 1.807) is 10.8 Å². The molecule has 4 rings (SSSR count). The van der Waals surface area contributed by atoms with E-state index in [9.17, 15) is 13.2 Å². The molecular formula is C27H29N3O4S. The number of aromatic nitrogens is 2. The van der Waals surface area contributed by atoms with Gasteiger partial charge in [0, 0.05) is 12.7 Å². The van der Waals surface area contributed by atoms with Gasteiger partial charge in [0.2, 0.25) is 10.0 Å². The van der Waals surface area contributed by atoms with Gasteiger partial charge in [0.15, 0.2) is 0 Å². The lowest BCUT2D eigenvalue weighted by molar-refractivity contribution is 0.0225. The van der Waals surface area contributed by atoms with Crippen molar-refractivity contribution in [2.45, 2.75) is 38.5 Å². The molecule has 3 aromatic carbocycles. The first kappa shape index (κ1) is 24.6. The van der Waals surface area contributed by atoms with E-state index in [1.807, 2.05) is 35.1 Å². The Hall–Kier alpha value is -3.49. The maximum Gasteiger partial charge on any atom is 0.284 e. The van der Waals surface area contributed by atoms with E-state index >= 15 is 0 Å². The summed E-state index contributed by atoms with van der Waals surface area (Å²) in [5.41, 5.74) is 2.45. The zero-order valence-electron chi connectivity index (χ0n) is 19.6. The van der Waals surface area contributed by atoms with Crippen LogP contribution < -0.4 is 4.72 Å². The van der Waals surface area contributed by atoms with Crippen molar-refractivity contribution in [2.75, 3.05) is 6.26 Å². The molecule has 1 unspecified atom stereocenters. The molecule has 0 radical (unpaired) electrons. The van der Waals surface area contributed by atoms with Gasteiger partial charge in [0.05, 0.1) is 25.3 Å². The summed E-state index contributed by atoms with van der Waals surface area (Å²) >= 11 is 0. The molecule has 1 heterocycles. The van der Waals surface area contributed by atoms with Crippen molar-refractivity contribution < 1.29 is 17.9 Å². The van der Waals surface area contributed by atoms with E-state index in [2.05, 4.69) is 47.4 Å². The Morgan fingerprint density at radius 2 is 1.77 bits per heavy atom. The molecule has 182 valence electrons. The van der Waals surface area contributed by atoms with Gasteiger partial charge in [-0.2, -0.15) is 0 Å². The maximum absolute atomic E-state index is 12.1. The minimum absolute atomic E-state index is 0.0491. The van der Waals surface area contributed by atoms with Crippen LogP contribution in [0, 0.1) is 0 Å². The standard InChI is InChI=1S/C27H29N3O4S/c1-35(32,33)29-27(31)26-18-30(20-28-26)17-24(34-19-21-9-3-2-4-10-21)15-8-14-23-13-7-12-22-11-5-6-16-25(22)23/h2-7,9-13,16,18,20,24H,8,14-15,17,19H2,1H3,(H,29,31). The first-order valence-corrected chi connectivity index (χ1v) is 13.4. The van der Waals surface area contributed by atoms with Crippen LogP contribution >= 0.6 is 0 Å². The number of ether oxygens (including phenoxy) is 1. The Kier molecular flexibility index (Phi) is 7.94. The Balaban J connectivity index is 1.42. The molecule has 0 aliphatic heterocycles. The van der Waals surface area contributed by atoms with Gasteiger partial charge in [-0.1, -0.05) is 72.8 Å². The number of fused-ring (bicyclic) bond motifs is 1. The lowest BCUT2D eigenvalue weighted by atomic mass is 9.99. The summed E-state index contributed by atoms with van der Waals surface area (Å²) < 4.78 is 32.7. The second kappa shape index (κ2) is 11.3. The Morgan fingerprint density at radius 3 is 2.57 bits per heavy atom. The number of aryl methyl sites for hydroxylation is 1. The number of rotatable bonds is 11. The van der Waals surface area contributed by atoms with E-state index in [-0.39, 0.29) is 11.8 Å². The van der Waals surface area contributed by atoms with Gasteiger partial charge < -0.3 is 9.30 Å². The maximum atomic E-state index is 12.1. The number of hydrogen-bond donors (Lipinski definition) is 1. The number of amides is 1. The number of carbonyl (C=O) groups is 1. The number of hydrogen-bond acceptors (Lipinski definition) is 5. The second-order valence-electron chi connectivity index (χ2n) is 8.61. The average Bonchev–Trinajstić information content (AvgIpc) is 3.31. The fourth-order valence-corrected chi connectivity index (χ4v) is 4.52. The third kappa shape index (κ3) is 7.24. The lowest BCUT2D eigenvalue weighted by Crippen LogP contribution is -2.29. The Bertz CT molecular complexity index is 1380. The Morgan fingerprint density at radius 1 is 1.03 bits per heavy atom. The summed E-state index contributed by atoms with van der Waals surface area (Å²) in [7, 11) is -3.65. The molecule has 1 atom stereocenters. The second-order valence-corrected chi connectivity index (χ2v) is 10.4. The number of imidazole rings is 1. The van der Waals surface area contributed by atoms with Crippen LogP contribution in [0.5, 0.6) is 0 Å². The number of benzene rings is 3. The summed E-state index contributed by atoms with van der Waals surface area (Å²) in [4.78, 5) is 16.2. The summed E-state index contributed by atoms with van der Waals surface area (Å²) in [6.07, 6.45) is 6.59. The molecule has 1 aromatic heterocycles. The minimum atomic E-state index is -3.65. The van der Waals surface area contributed by atoms with Crippen LogP contribution in [0.4, 0.5) is 0 Å². The smallest absolute Gasteiger partial charge is 0.284 e. The lowest BCUT2D eigenvalue weighted by Gasteiger charge is -2.19. The van der Waals surface area contributed by atoms with Crippen molar-refractivity contribution in [2.24, 2.45) is 0 Å². The van der Waals surface area contributed by atoms with Crippen LogP contribution in [-0.4, -0.2) is 36.2 Å². The van der Waals surface area contributed by atoms with Crippen LogP contribution in [0.3, 0.4) is 0 Å². The van der Waals surface area contributed by atoms with Crippen LogP contribution in [0.15, 0.2) is 85.3 Å². The van der Waals surface area contributed by atoms with Crippen LogP contribution in [0.25, 0.3) is 10.8 Å². The van der Waals surface area contributed by atoms with Crippen LogP contribution in [-0.2, 0) is 34.3 Å². The monoisotopic (exact) mass is 491 g/mol. The van der Waals surface area contributed by atoms with Gasteiger partial charge in [-0.15, -0.1) is 0 Å². The van der Waals surface area contributed by atoms with Crippen molar-refractivity contribution >= 4 is 26.7 Å². The third-order valence-electron chi connectivity index (χ3n) is 5.74. The van der Waals surface area contributed by atoms with Gasteiger partial charge in [-0.25, -0.2) is 18.1 Å². The van der Waals surface area contributed by atoms with Gasteiger partial charge in [-0.05, 0) is 41.2 Å². The van der Waals surface area contributed by atoms with Crippen molar-refractivity contribution in [3.8, 4) is 0 Å². The fourth-order valence-electron chi connectivity index (χ4n) is 4.08. The van der Waals surface area contributed by atoms with Crippen molar-refractivity contribution in [1.82, 2.24) is 14.3 Å². The molecule has 1 N–H and O–H groups in total. The number of nitrogens with one attached hydrogen (secondary N) is 1. The normalized spacial score (nSPS) is 12.5. The van der Waals surface area contributed by atoms with Crippen LogP contribution in [0.1, 0.15) is 34.5 Å². The summed E-state index contributed by atoms with van der Waals surface area (Å²) in [6, 6.07) is 24.8. The molecule has 0 bridgehead atoms. The summed E-state index contributed by atoms with van der Waals surface area (Å²) in [6.45, 7) is 0.984. The van der Waals surface area contributed by atoms with Crippen molar-refractivity contribution in [3.63, 3.8) is 0 Å². The zero-order valence-corrected chi connectivity index (χ0v) is 20.4. The molecule has 4 aromatic rings. The SMILES string of the molecule is CS(=O)(=O)NC(=O)c1cn(CC(CCCc2cccc3ccccc23)OCc2ccccc2)cn1. The highest BCUT2D eigenvalue weighted by molar-refractivity contribution is 7.89. The molecule has 0 saturated heterocycles. The summed E-state index contributed by atoms with van der Waals surface area (Å²) in [5.74, 6) is -0.746. The van der Waals surface area contributed by atoms with E-state index in [4.69, 9.17) is 4.74 Å². The fraction of sp³-hybridized carbons (Fsp3) is 0.259. The Labute approximate surface area is 205 Å². The number of sulfonamides is 1. The van der Waals surface area contributed by atoms with E-state index < -0.39 is 15.9 Å². The van der Waals surface area contributed by atoms with Gasteiger partial charge in [0.1, 0.15) is 5.69 Å².